The van der Waals surface area contributed by atoms with Crippen molar-refractivity contribution in [1.29, 1.82) is 0 Å². The zero-order chi connectivity index (χ0) is 12.5. The van der Waals surface area contributed by atoms with Crippen LogP contribution in [0.2, 0.25) is 0 Å². The number of ether oxygens (including phenoxy) is 1. The molecule has 0 fully saturated rings. The molecule has 1 heterocycles. The molecule has 0 amide bonds. The number of rotatable bonds is 7. The smallest absolute Gasteiger partial charge is 0.305 e. The van der Waals surface area contributed by atoms with Crippen molar-refractivity contribution in [1.82, 2.24) is 9.88 Å². The van der Waals surface area contributed by atoms with Gasteiger partial charge in [0.1, 0.15) is 0 Å². The number of methoxy groups -OCH3 is 1. The molecule has 0 aromatic carbocycles. The Morgan fingerprint density at radius 2 is 2.29 bits per heavy atom. The summed E-state index contributed by atoms with van der Waals surface area (Å²) in [6, 6.07) is 4.01. The van der Waals surface area contributed by atoms with Gasteiger partial charge in [-0.15, -0.1) is 0 Å². The van der Waals surface area contributed by atoms with E-state index >= 15 is 0 Å². The Morgan fingerprint density at radius 3 is 2.94 bits per heavy atom. The summed E-state index contributed by atoms with van der Waals surface area (Å²) < 4.78 is 4.59. The Labute approximate surface area is 103 Å². The molecule has 0 unspecified atom stereocenters. The van der Waals surface area contributed by atoms with Crippen LogP contribution in [-0.2, 0) is 16.1 Å². The fraction of sp³-hybridized carbons (Fsp3) is 0.538. The predicted molar refractivity (Wildman–Crippen MR) is 66.4 cm³/mol. The summed E-state index contributed by atoms with van der Waals surface area (Å²) in [7, 11) is 3.50. The van der Waals surface area contributed by atoms with Crippen LogP contribution >= 0.6 is 0 Å². The molecule has 0 aliphatic rings. The molecule has 1 aromatic heterocycles. The van der Waals surface area contributed by atoms with Gasteiger partial charge in [0.15, 0.2) is 0 Å². The molecule has 0 aliphatic heterocycles. The second-order valence-corrected chi connectivity index (χ2v) is 4.13. The molecule has 0 N–H and O–H groups in total. The van der Waals surface area contributed by atoms with Crippen LogP contribution in [0.25, 0.3) is 0 Å². The van der Waals surface area contributed by atoms with E-state index in [0.29, 0.717) is 6.42 Å². The molecule has 1 rings (SSSR count). The summed E-state index contributed by atoms with van der Waals surface area (Å²) in [5, 5.41) is 0. The molecular formula is C13H20N2O2. The second-order valence-electron chi connectivity index (χ2n) is 4.13. The fourth-order valence-electron chi connectivity index (χ4n) is 1.64. The van der Waals surface area contributed by atoms with E-state index in [4.69, 9.17) is 0 Å². The van der Waals surface area contributed by atoms with E-state index in [9.17, 15) is 4.79 Å². The lowest BCUT2D eigenvalue weighted by Crippen LogP contribution is -2.19. The van der Waals surface area contributed by atoms with E-state index in [-0.39, 0.29) is 5.97 Å². The Kier molecular flexibility index (Phi) is 6.25. The minimum Gasteiger partial charge on any atom is -0.469 e. The van der Waals surface area contributed by atoms with E-state index in [0.717, 1.165) is 25.9 Å². The van der Waals surface area contributed by atoms with Gasteiger partial charge in [-0.05, 0) is 38.1 Å². The number of aromatic nitrogens is 1. The number of pyridine rings is 1. The summed E-state index contributed by atoms with van der Waals surface area (Å²) >= 11 is 0. The van der Waals surface area contributed by atoms with Gasteiger partial charge in [0.05, 0.1) is 7.11 Å². The van der Waals surface area contributed by atoms with Crippen LogP contribution in [0.4, 0.5) is 0 Å². The first-order valence-electron chi connectivity index (χ1n) is 5.86. The Bertz CT molecular complexity index is 327. The van der Waals surface area contributed by atoms with Gasteiger partial charge in [-0.25, -0.2) is 0 Å². The molecule has 0 aliphatic carbocycles. The first-order valence-corrected chi connectivity index (χ1v) is 5.86. The van der Waals surface area contributed by atoms with Crippen molar-refractivity contribution >= 4 is 5.97 Å². The van der Waals surface area contributed by atoms with E-state index in [2.05, 4.69) is 27.7 Å². The maximum Gasteiger partial charge on any atom is 0.305 e. The Balaban J connectivity index is 2.13. The van der Waals surface area contributed by atoms with Gasteiger partial charge in [-0.3, -0.25) is 9.78 Å². The highest BCUT2D eigenvalue weighted by Crippen LogP contribution is 2.03. The van der Waals surface area contributed by atoms with Gasteiger partial charge in [0.25, 0.3) is 0 Å². The molecule has 4 nitrogen and oxygen atoms in total. The SMILES string of the molecule is COC(=O)CCCCN(C)Cc1cccnc1. The highest BCUT2D eigenvalue weighted by Gasteiger charge is 2.02. The summed E-state index contributed by atoms with van der Waals surface area (Å²) in [6.45, 7) is 1.87. The van der Waals surface area contributed by atoms with Crippen molar-refractivity contribution in [3.8, 4) is 0 Å². The van der Waals surface area contributed by atoms with Crippen molar-refractivity contribution in [2.45, 2.75) is 25.8 Å². The summed E-state index contributed by atoms with van der Waals surface area (Å²) in [5.74, 6) is -0.125. The number of carbonyl (C=O) groups excluding carboxylic acids is 1. The fourth-order valence-corrected chi connectivity index (χ4v) is 1.64. The zero-order valence-corrected chi connectivity index (χ0v) is 10.6. The molecular weight excluding hydrogens is 216 g/mol. The van der Waals surface area contributed by atoms with Crippen LogP contribution in [0.5, 0.6) is 0 Å². The topological polar surface area (TPSA) is 42.4 Å². The zero-order valence-electron chi connectivity index (χ0n) is 10.6. The van der Waals surface area contributed by atoms with E-state index in [1.165, 1.54) is 12.7 Å². The number of hydrogen-bond donors (Lipinski definition) is 0. The molecule has 0 saturated heterocycles. The molecule has 0 bridgehead atoms. The number of carbonyl (C=O) groups is 1. The summed E-state index contributed by atoms with van der Waals surface area (Å²) in [5.41, 5.74) is 1.21. The average molecular weight is 236 g/mol. The normalized spacial score (nSPS) is 10.5. The molecule has 0 atom stereocenters. The van der Waals surface area contributed by atoms with Gasteiger partial charge >= 0.3 is 5.97 Å². The predicted octanol–water partition coefficient (Wildman–Crippen LogP) is 1.86. The largest absolute Gasteiger partial charge is 0.469 e. The van der Waals surface area contributed by atoms with Crippen LogP contribution in [0.1, 0.15) is 24.8 Å². The van der Waals surface area contributed by atoms with Gasteiger partial charge in [-0.1, -0.05) is 6.07 Å². The van der Waals surface area contributed by atoms with Crippen LogP contribution in [0.15, 0.2) is 24.5 Å². The standard InChI is InChI=1S/C13H20N2O2/c1-15(9-4-3-7-13(16)17-2)11-12-6-5-8-14-10-12/h5-6,8,10H,3-4,7,9,11H2,1-2H3. The number of unbranched alkanes of at least 4 members (excludes halogenated alkanes) is 1. The maximum atomic E-state index is 10.9. The summed E-state index contributed by atoms with van der Waals surface area (Å²) in [6.07, 6.45) is 6.05. The van der Waals surface area contributed by atoms with Crippen molar-refractivity contribution in [2.24, 2.45) is 0 Å². The first-order chi connectivity index (χ1) is 8.22. The van der Waals surface area contributed by atoms with Crippen LogP contribution in [0, 0.1) is 0 Å². The monoisotopic (exact) mass is 236 g/mol. The van der Waals surface area contributed by atoms with E-state index in [1.54, 1.807) is 6.20 Å². The molecule has 1 aromatic rings. The molecule has 94 valence electrons. The number of esters is 1. The van der Waals surface area contributed by atoms with Crippen molar-refractivity contribution in [3.63, 3.8) is 0 Å². The second kappa shape index (κ2) is 7.79. The highest BCUT2D eigenvalue weighted by atomic mass is 16.5. The van der Waals surface area contributed by atoms with E-state index < -0.39 is 0 Å². The van der Waals surface area contributed by atoms with Crippen LogP contribution in [-0.4, -0.2) is 36.6 Å². The minimum absolute atomic E-state index is 0.125. The van der Waals surface area contributed by atoms with E-state index in [1.807, 2.05) is 12.3 Å². The molecule has 0 saturated carbocycles. The lowest BCUT2D eigenvalue weighted by atomic mass is 10.2. The minimum atomic E-state index is -0.125. The average Bonchev–Trinajstić information content (AvgIpc) is 2.35. The van der Waals surface area contributed by atoms with Crippen molar-refractivity contribution < 1.29 is 9.53 Å². The highest BCUT2D eigenvalue weighted by molar-refractivity contribution is 5.68. The van der Waals surface area contributed by atoms with Crippen LogP contribution in [0.3, 0.4) is 0 Å². The maximum absolute atomic E-state index is 10.9. The number of hydrogen-bond acceptors (Lipinski definition) is 4. The lowest BCUT2D eigenvalue weighted by molar-refractivity contribution is -0.140. The van der Waals surface area contributed by atoms with Gasteiger partial charge in [0, 0.05) is 25.4 Å². The van der Waals surface area contributed by atoms with Crippen molar-refractivity contribution in [3.05, 3.63) is 30.1 Å². The first kappa shape index (κ1) is 13.6. The van der Waals surface area contributed by atoms with Crippen molar-refractivity contribution in [2.75, 3.05) is 20.7 Å². The number of nitrogens with zero attached hydrogens (tertiary/aromatic N) is 2. The van der Waals surface area contributed by atoms with Gasteiger partial charge < -0.3 is 9.64 Å². The molecule has 17 heavy (non-hydrogen) atoms. The molecule has 0 radical (unpaired) electrons. The lowest BCUT2D eigenvalue weighted by Gasteiger charge is -2.15. The van der Waals surface area contributed by atoms with Crippen LogP contribution < -0.4 is 0 Å². The Hall–Kier alpha value is -1.42. The Morgan fingerprint density at radius 1 is 1.47 bits per heavy atom. The molecule has 0 spiro atoms. The third-order valence-electron chi connectivity index (χ3n) is 2.57. The molecule has 4 heteroatoms. The third-order valence-corrected chi connectivity index (χ3v) is 2.57. The van der Waals surface area contributed by atoms with Gasteiger partial charge in [0.2, 0.25) is 0 Å². The summed E-state index contributed by atoms with van der Waals surface area (Å²) in [4.78, 5) is 17.2. The quantitative estimate of drug-likeness (QED) is 0.535. The third kappa shape index (κ3) is 6.02. The van der Waals surface area contributed by atoms with Gasteiger partial charge in [-0.2, -0.15) is 0 Å².